The van der Waals surface area contributed by atoms with Crippen LogP contribution < -0.4 is 5.32 Å². The van der Waals surface area contributed by atoms with Crippen molar-refractivity contribution in [3.63, 3.8) is 0 Å². The van der Waals surface area contributed by atoms with Crippen molar-refractivity contribution in [2.24, 2.45) is 0 Å². The first-order chi connectivity index (χ1) is 11.2. The van der Waals surface area contributed by atoms with Crippen molar-refractivity contribution < 1.29 is 4.79 Å². The number of fused-ring (bicyclic) bond motifs is 2. The Kier molecular flexibility index (Phi) is 3.54. The number of nitrogens with one attached hydrogen (secondary N) is 1. The van der Waals surface area contributed by atoms with Gasteiger partial charge in [-0.05, 0) is 49.2 Å². The second-order valence-electron chi connectivity index (χ2n) is 5.79. The van der Waals surface area contributed by atoms with Gasteiger partial charge in [0, 0.05) is 16.5 Å². The minimum atomic E-state index is -0.0706. The zero-order valence-corrected chi connectivity index (χ0v) is 13.6. The van der Waals surface area contributed by atoms with E-state index in [9.17, 15) is 4.79 Å². The van der Waals surface area contributed by atoms with E-state index in [4.69, 9.17) is 0 Å². The van der Waals surface area contributed by atoms with Crippen LogP contribution in [0.5, 0.6) is 0 Å². The van der Waals surface area contributed by atoms with E-state index in [1.807, 2.05) is 30.3 Å². The Morgan fingerprint density at radius 1 is 1.22 bits per heavy atom. The standard InChI is InChI=1S/C19H16N2OS/c1-12-7-8-13-11-18(23-17(13)10-12)19(22)21-16-6-2-5-15-14(16)4-3-9-20-15/h2-10,18H,11H2,1H3,(H,21,22). The number of aryl methyl sites for hydroxylation is 1. The molecule has 0 saturated carbocycles. The highest BCUT2D eigenvalue weighted by Gasteiger charge is 2.28. The van der Waals surface area contributed by atoms with Crippen LogP contribution >= 0.6 is 11.8 Å². The molecule has 3 aromatic rings. The molecule has 0 bridgehead atoms. The molecule has 0 fully saturated rings. The van der Waals surface area contributed by atoms with Gasteiger partial charge in [0.1, 0.15) is 0 Å². The predicted molar refractivity (Wildman–Crippen MR) is 94.9 cm³/mol. The summed E-state index contributed by atoms with van der Waals surface area (Å²) >= 11 is 1.66. The Morgan fingerprint density at radius 2 is 2.13 bits per heavy atom. The topological polar surface area (TPSA) is 42.0 Å². The number of thioether (sulfide) groups is 1. The number of aromatic nitrogens is 1. The van der Waals surface area contributed by atoms with Crippen molar-refractivity contribution in [2.45, 2.75) is 23.5 Å². The number of rotatable bonds is 2. The quantitative estimate of drug-likeness (QED) is 0.769. The van der Waals surface area contributed by atoms with Crippen LogP contribution in [0.15, 0.2) is 59.6 Å². The highest BCUT2D eigenvalue weighted by molar-refractivity contribution is 8.01. The van der Waals surface area contributed by atoms with Crippen molar-refractivity contribution in [1.82, 2.24) is 4.98 Å². The lowest BCUT2D eigenvalue weighted by Gasteiger charge is -2.11. The molecule has 1 amide bonds. The van der Waals surface area contributed by atoms with Gasteiger partial charge in [-0.15, -0.1) is 11.8 Å². The Labute approximate surface area is 139 Å². The molecular weight excluding hydrogens is 304 g/mol. The zero-order chi connectivity index (χ0) is 15.8. The minimum Gasteiger partial charge on any atom is -0.324 e. The molecule has 1 N–H and O–H groups in total. The van der Waals surface area contributed by atoms with Gasteiger partial charge >= 0.3 is 0 Å². The predicted octanol–water partition coefficient (Wildman–Crippen LogP) is 4.20. The molecule has 4 rings (SSSR count). The van der Waals surface area contributed by atoms with Crippen LogP contribution in [-0.4, -0.2) is 16.1 Å². The molecule has 0 radical (unpaired) electrons. The van der Waals surface area contributed by atoms with Crippen LogP contribution in [-0.2, 0) is 11.2 Å². The average molecular weight is 320 g/mol. The summed E-state index contributed by atoms with van der Waals surface area (Å²) in [6.07, 6.45) is 2.55. The molecule has 4 heteroatoms. The fraction of sp³-hybridized carbons (Fsp3) is 0.158. The molecule has 3 nitrogen and oxygen atoms in total. The molecule has 0 saturated heterocycles. The molecule has 0 aliphatic carbocycles. The van der Waals surface area contributed by atoms with Crippen LogP contribution in [0.2, 0.25) is 0 Å². The molecule has 2 aromatic carbocycles. The molecule has 1 atom stereocenters. The zero-order valence-electron chi connectivity index (χ0n) is 12.7. The lowest BCUT2D eigenvalue weighted by molar-refractivity contribution is -0.115. The number of nitrogens with zero attached hydrogens (tertiary/aromatic N) is 1. The number of amides is 1. The third-order valence-corrected chi connectivity index (χ3v) is 5.39. The van der Waals surface area contributed by atoms with Crippen LogP contribution in [0.3, 0.4) is 0 Å². The number of pyridine rings is 1. The first-order valence-electron chi connectivity index (χ1n) is 7.61. The molecule has 2 heterocycles. The third-order valence-electron chi connectivity index (χ3n) is 4.09. The molecule has 1 aliphatic rings. The normalized spacial score (nSPS) is 16.3. The summed E-state index contributed by atoms with van der Waals surface area (Å²) in [6, 6.07) is 16.1. The maximum absolute atomic E-state index is 12.7. The van der Waals surface area contributed by atoms with Gasteiger partial charge in [-0.2, -0.15) is 0 Å². The molecule has 23 heavy (non-hydrogen) atoms. The number of hydrogen-bond acceptors (Lipinski definition) is 3. The van der Waals surface area contributed by atoms with E-state index in [2.05, 4.69) is 35.4 Å². The molecule has 1 unspecified atom stereocenters. The lowest BCUT2D eigenvalue weighted by Crippen LogP contribution is -2.24. The van der Waals surface area contributed by atoms with Crippen LogP contribution in [0.25, 0.3) is 10.9 Å². The van der Waals surface area contributed by atoms with Gasteiger partial charge in [-0.3, -0.25) is 9.78 Å². The summed E-state index contributed by atoms with van der Waals surface area (Å²) in [7, 11) is 0. The van der Waals surface area contributed by atoms with E-state index in [0.717, 1.165) is 23.0 Å². The maximum Gasteiger partial charge on any atom is 0.238 e. The molecular formula is C19H16N2OS. The number of anilines is 1. The highest BCUT2D eigenvalue weighted by Crippen LogP contribution is 2.38. The van der Waals surface area contributed by atoms with Crippen molar-refractivity contribution in [3.05, 3.63) is 65.9 Å². The number of carbonyl (C=O) groups excluding carboxylic acids is 1. The second-order valence-corrected chi connectivity index (χ2v) is 7.03. The van der Waals surface area contributed by atoms with Gasteiger partial charge < -0.3 is 5.32 Å². The van der Waals surface area contributed by atoms with Gasteiger partial charge in [-0.25, -0.2) is 0 Å². The lowest BCUT2D eigenvalue weighted by atomic mass is 10.1. The minimum absolute atomic E-state index is 0.0557. The van der Waals surface area contributed by atoms with E-state index in [0.29, 0.717) is 0 Å². The van der Waals surface area contributed by atoms with Gasteiger partial charge in [-0.1, -0.05) is 23.8 Å². The van der Waals surface area contributed by atoms with Crippen molar-refractivity contribution in [2.75, 3.05) is 5.32 Å². The van der Waals surface area contributed by atoms with E-state index in [1.165, 1.54) is 16.0 Å². The molecule has 114 valence electrons. The van der Waals surface area contributed by atoms with Gasteiger partial charge in [0.05, 0.1) is 16.5 Å². The third kappa shape index (κ3) is 2.70. The van der Waals surface area contributed by atoms with Gasteiger partial charge in [0.25, 0.3) is 0 Å². The SMILES string of the molecule is Cc1ccc2c(c1)SC(C(=O)Nc1cccc3ncccc13)C2. The summed E-state index contributed by atoms with van der Waals surface area (Å²) < 4.78 is 0. The number of benzene rings is 2. The Morgan fingerprint density at radius 3 is 3.04 bits per heavy atom. The number of carbonyl (C=O) groups is 1. The van der Waals surface area contributed by atoms with Crippen LogP contribution in [0.4, 0.5) is 5.69 Å². The number of hydrogen-bond donors (Lipinski definition) is 1. The van der Waals surface area contributed by atoms with Crippen molar-refractivity contribution in [1.29, 1.82) is 0 Å². The summed E-state index contributed by atoms with van der Waals surface area (Å²) in [5, 5.41) is 3.98. The second kappa shape index (κ2) is 5.70. The van der Waals surface area contributed by atoms with Crippen LogP contribution in [0.1, 0.15) is 11.1 Å². The van der Waals surface area contributed by atoms with E-state index in [-0.39, 0.29) is 11.2 Å². The van der Waals surface area contributed by atoms with Gasteiger partial charge in [0.15, 0.2) is 0 Å². The average Bonchev–Trinajstić information content (AvgIpc) is 2.98. The monoisotopic (exact) mass is 320 g/mol. The molecule has 1 aromatic heterocycles. The fourth-order valence-corrected chi connectivity index (χ4v) is 4.20. The first-order valence-corrected chi connectivity index (χ1v) is 8.49. The van der Waals surface area contributed by atoms with Crippen molar-refractivity contribution >= 4 is 34.3 Å². The molecule has 0 spiro atoms. The van der Waals surface area contributed by atoms with E-state index >= 15 is 0 Å². The maximum atomic E-state index is 12.7. The summed E-state index contributed by atoms with van der Waals surface area (Å²) in [5.74, 6) is 0.0557. The summed E-state index contributed by atoms with van der Waals surface area (Å²) in [4.78, 5) is 18.2. The largest absolute Gasteiger partial charge is 0.324 e. The summed E-state index contributed by atoms with van der Waals surface area (Å²) in [5.41, 5.74) is 4.22. The fourth-order valence-electron chi connectivity index (χ4n) is 2.91. The summed E-state index contributed by atoms with van der Waals surface area (Å²) in [6.45, 7) is 2.08. The Hall–Kier alpha value is -2.33. The highest BCUT2D eigenvalue weighted by atomic mass is 32.2. The van der Waals surface area contributed by atoms with E-state index in [1.54, 1.807) is 18.0 Å². The van der Waals surface area contributed by atoms with Crippen molar-refractivity contribution in [3.8, 4) is 0 Å². The van der Waals surface area contributed by atoms with E-state index < -0.39 is 0 Å². The Balaban J connectivity index is 1.57. The first kappa shape index (κ1) is 14.3. The Bertz CT molecular complexity index is 902. The smallest absolute Gasteiger partial charge is 0.238 e. The van der Waals surface area contributed by atoms with Crippen LogP contribution in [0, 0.1) is 6.92 Å². The van der Waals surface area contributed by atoms with Gasteiger partial charge in [0.2, 0.25) is 5.91 Å². The molecule has 1 aliphatic heterocycles.